The standard InChI is InChI=1S/C8H5F5O/c9-7(10)5-2-1-3-6(4-5)14-8(11,12)13/h1-4,7H. The summed E-state index contributed by atoms with van der Waals surface area (Å²) >= 11 is 0. The lowest BCUT2D eigenvalue weighted by molar-refractivity contribution is -0.274. The number of hydrogen-bond donors (Lipinski definition) is 0. The predicted molar refractivity (Wildman–Crippen MR) is 38.1 cm³/mol. The maximum absolute atomic E-state index is 12.0. The van der Waals surface area contributed by atoms with Gasteiger partial charge in [0.2, 0.25) is 0 Å². The Labute approximate surface area is 76.1 Å². The molecule has 0 aliphatic rings. The topological polar surface area (TPSA) is 9.23 Å². The van der Waals surface area contributed by atoms with Crippen LogP contribution in [-0.2, 0) is 0 Å². The third-order valence-electron chi connectivity index (χ3n) is 1.34. The molecule has 0 aliphatic heterocycles. The highest BCUT2D eigenvalue weighted by Crippen LogP contribution is 2.27. The summed E-state index contributed by atoms with van der Waals surface area (Å²) in [6, 6.07) is 3.70. The minimum absolute atomic E-state index is 0.508. The quantitative estimate of drug-likeness (QED) is 0.681. The van der Waals surface area contributed by atoms with Gasteiger partial charge in [-0.25, -0.2) is 8.78 Å². The number of hydrogen-bond acceptors (Lipinski definition) is 1. The molecule has 0 aromatic heterocycles. The molecular weight excluding hydrogens is 207 g/mol. The Kier molecular flexibility index (Phi) is 2.93. The molecule has 1 nitrogen and oxygen atoms in total. The lowest BCUT2D eigenvalue weighted by Crippen LogP contribution is -2.17. The van der Waals surface area contributed by atoms with E-state index in [0.29, 0.717) is 6.07 Å². The summed E-state index contributed by atoms with van der Waals surface area (Å²) in [5.41, 5.74) is -0.508. The highest BCUT2D eigenvalue weighted by atomic mass is 19.4. The zero-order valence-corrected chi connectivity index (χ0v) is 6.68. The van der Waals surface area contributed by atoms with Crippen LogP contribution in [0.25, 0.3) is 0 Å². The number of rotatable bonds is 2. The second kappa shape index (κ2) is 3.81. The number of alkyl halides is 5. The first-order valence-corrected chi connectivity index (χ1v) is 3.52. The normalized spacial score (nSPS) is 11.9. The molecule has 1 aromatic carbocycles. The van der Waals surface area contributed by atoms with E-state index in [1.807, 2.05) is 0 Å². The van der Waals surface area contributed by atoms with E-state index in [4.69, 9.17) is 0 Å². The highest BCUT2D eigenvalue weighted by Gasteiger charge is 2.31. The monoisotopic (exact) mass is 212 g/mol. The van der Waals surface area contributed by atoms with Crippen molar-refractivity contribution < 1.29 is 26.7 Å². The molecule has 6 heteroatoms. The van der Waals surface area contributed by atoms with E-state index in [1.54, 1.807) is 0 Å². The first-order valence-electron chi connectivity index (χ1n) is 3.52. The highest BCUT2D eigenvalue weighted by molar-refractivity contribution is 5.29. The van der Waals surface area contributed by atoms with E-state index in [9.17, 15) is 22.0 Å². The van der Waals surface area contributed by atoms with Crippen LogP contribution in [-0.4, -0.2) is 6.36 Å². The molecule has 0 radical (unpaired) electrons. The van der Waals surface area contributed by atoms with Gasteiger partial charge in [0.05, 0.1) is 0 Å². The number of benzene rings is 1. The molecule has 0 bridgehead atoms. The molecule has 0 saturated heterocycles. The van der Waals surface area contributed by atoms with Crippen LogP contribution in [0.5, 0.6) is 5.75 Å². The van der Waals surface area contributed by atoms with Crippen molar-refractivity contribution in [2.45, 2.75) is 12.8 Å². The average molecular weight is 212 g/mol. The van der Waals surface area contributed by atoms with Crippen LogP contribution in [0.3, 0.4) is 0 Å². The second-order valence-electron chi connectivity index (χ2n) is 2.42. The third-order valence-corrected chi connectivity index (χ3v) is 1.34. The third kappa shape index (κ3) is 3.20. The molecule has 0 fully saturated rings. The summed E-state index contributed by atoms with van der Waals surface area (Å²) in [7, 11) is 0. The minimum atomic E-state index is -4.86. The average Bonchev–Trinajstić information content (AvgIpc) is 2.01. The zero-order valence-electron chi connectivity index (χ0n) is 6.68. The maximum Gasteiger partial charge on any atom is 0.573 e. The van der Waals surface area contributed by atoms with E-state index >= 15 is 0 Å². The lowest BCUT2D eigenvalue weighted by atomic mass is 10.2. The molecule has 78 valence electrons. The molecule has 0 heterocycles. The molecule has 0 N–H and O–H groups in total. The molecule has 0 amide bonds. The van der Waals surface area contributed by atoms with Gasteiger partial charge in [0.25, 0.3) is 6.43 Å². The van der Waals surface area contributed by atoms with Gasteiger partial charge < -0.3 is 4.74 Å². The van der Waals surface area contributed by atoms with Crippen molar-refractivity contribution in [1.82, 2.24) is 0 Å². The predicted octanol–water partition coefficient (Wildman–Crippen LogP) is 3.52. The van der Waals surface area contributed by atoms with Crippen molar-refractivity contribution >= 4 is 0 Å². The Morgan fingerprint density at radius 3 is 2.29 bits per heavy atom. The van der Waals surface area contributed by atoms with Gasteiger partial charge >= 0.3 is 6.36 Å². The van der Waals surface area contributed by atoms with Gasteiger partial charge in [0.1, 0.15) is 5.75 Å². The fraction of sp³-hybridized carbons (Fsp3) is 0.250. The van der Waals surface area contributed by atoms with Gasteiger partial charge in [-0.2, -0.15) is 0 Å². The molecule has 0 saturated carbocycles. The Balaban J connectivity index is 2.84. The van der Waals surface area contributed by atoms with Crippen LogP contribution in [0.4, 0.5) is 22.0 Å². The number of halogens is 5. The Bertz CT molecular complexity index is 307. The van der Waals surface area contributed by atoms with Crippen molar-refractivity contribution in [2.24, 2.45) is 0 Å². The van der Waals surface area contributed by atoms with Gasteiger partial charge in [-0.3, -0.25) is 0 Å². The van der Waals surface area contributed by atoms with Gasteiger partial charge in [-0.05, 0) is 12.1 Å². The van der Waals surface area contributed by atoms with Gasteiger partial charge in [0, 0.05) is 5.56 Å². The van der Waals surface area contributed by atoms with Crippen LogP contribution < -0.4 is 4.74 Å². The molecule has 0 unspecified atom stereocenters. The molecular formula is C8H5F5O. The Morgan fingerprint density at radius 1 is 1.14 bits per heavy atom. The first kappa shape index (κ1) is 10.7. The molecule has 0 spiro atoms. The summed E-state index contributed by atoms with van der Waals surface area (Å²) in [6.07, 6.45) is -7.67. The lowest BCUT2D eigenvalue weighted by Gasteiger charge is -2.09. The largest absolute Gasteiger partial charge is 0.573 e. The van der Waals surface area contributed by atoms with Crippen molar-refractivity contribution in [3.63, 3.8) is 0 Å². The zero-order chi connectivity index (χ0) is 10.8. The smallest absolute Gasteiger partial charge is 0.406 e. The summed E-state index contributed by atoms with van der Waals surface area (Å²) < 4.78 is 62.5. The Hall–Kier alpha value is -1.33. The summed E-state index contributed by atoms with van der Waals surface area (Å²) in [4.78, 5) is 0. The minimum Gasteiger partial charge on any atom is -0.406 e. The molecule has 1 rings (SSSR count). The molecule has 0 atom stereocenters. The fourth-order valence-electron chi connectivity index (χ4n) is 0.847. The van der Waals surface area contributed by atoms with Crippen LogP contribution in [0.1, 0.15) is 12.0 Å². The second-order valence-corrected chi connectivity index (χ2v) is 2.42. The van der Waals surface area contributed by atoms with E-state index in [2.05, 4.69) is 4.74 Å². The van der Waals surface area contributed by atoms with E-state index in [1.165, 1.54) is 0 Å². The summed E-state index contributed by atoms with van der Waals surface area (Å²) in [6.45, 7) is 0. The molecule has 14 heavy (non-hydrogen) atoms. The van der Waals surface area contributed by atoms with Crippen molar-refractivity contribution in [3.8, 4) is 5.75 Å². The van der Waals surface area contributed by atoms with E-state index < -0.39 is 24.1 Å². The van der Waals surface area contributed by atoms with Crippen LogP contribution in [0.15, 0.2) is 24.3 Å². The first-order chi connectivity index (χ1) is 6.38. The number of ether oxygens (including phenoxy) is 1. The van der Waals surface area contributed by atoms with Gasteiger partial charge in [0.15, 0.2) is 0 Å². The van der Waals surface area contributed by atoms with Crippen molar-refractivity contribution in [3.05, 3.63) is 29.8 Å². The fourth-order valence-corrected chi connectivity index (χ4v) is 0.847. The molecule has 1 aromatic rings. The van der Waals surface area contributed by atoms with Crippen molar-refractivity contribution in [2.75, 3.05) is 0 Å². The van der Waals surface area contributed by atoms with Gasteiger partial charge in [-0.1, -0.05) is 12.1 Å². The molecule has 0 aliphatic carbocycles. The van der Waals surface area contributed by atoms with Crippen LogP contribution in [0, 0.1) is 0 Å². The van der Waals surface area contributed by atoms with Crippen molar-refractivity contribution in [1.29, 1.82) is 0 Å². The van der Waals surface area contributed by atoms with E-state index in [0.717, 1.165) is 18.2 Å². The van der Waals surface area contributed by atoms with Gasteiger partial charge in [-0.15, -0.1) is 13.2 Å². The van der Waals surface area contributed by atoms with Crippen LogP contribution >= 0.6 is 0 Å². The SMILES string of the molecule is FC(F)c1cccc(OC(F)(F)F)c1. The summed E-state index contributed by atoms with van der Waals surface area (Å²) in [5.74, 6) is -0.643. The Morgan fingerprint density at radius 2 is 1.79 bits per heavy atom. The van der Waals surface area contributed by atoms with E-state index in [-0.39, 0.29) is 0 Å². The van der Waals surface area contributed by atoms with Crippen LogP contribution in [0.2, 0.25) is 0 Å². The maximum atomic E-state index is 12.0. The summed E-state index contributed by atoms with van der Waals surface area (Å²) in [5, 5.41) is 0.